The van der Waals surface area contributed by atoms with Crippen LogP contribution >= 0.6 is 0 Å². The number of hydrogen-bond donors (Lipinski definition) is 1. The third kappa shape index (κ3) is 3.55. The summed E-state index contributed by atoms with van der Waals surface area (Å²) in [6.45, 7) is 4.23. The molecule has 0 spiro atoms. The van der Waals surface area contributed by atoms with E-state index in [0.717, 1.165) is 63.3 Å². The van der Waals surface area contributed by atoms with Crippen molar-refractivity contribution in [2.24, 2.45) is 5.92 Å². The van der Waals surface area contributed by atoms with Gasteiger partial charge in [0.25, 0.3) is 5.91 Å². The smallest absolute Gasteiger partial charge is 0.251 e. The van der Waals surface area contributed by atoms with Crippen LogP contribution in [0.4, 0.5) is 5.82 Å². The highest BCUT2D eigenvalue weighted by Crippen LogP contribution is 2.24. The molecule has 2 saturated heterocycles. The SMILES string of the molecule is Cc1nc(N)cc(CC2CCN(C(=O)C3CCCO3)CC2)n1. The molecule has 1 amide bonds. The average Bonchev–Trinajstić information content (AvgIpc) is 3.00. The number of nitrogens with zero attached hydrogens (tertiary/aromatic N) is 3. The van der Waals surface area contributed by atoms with Crippen molar-refractivity contribution in [1.82, 2.24) is 14.9 Å². The van der Waals surface area contributed by atoms with Gasteiger partial charge in [-0.1, -0.05) is 0 Å². The summed E-state index contributed by atoms with van der Waals surface area (Å²) < 4.78 is 5.49. The molecule has 1 atom stereocenters. The average molecular weight is 304 g/mol. The van der Waals surface area contributed by atoms with Crippen LogP contribution in [0.5, 0.6) is 0 Å². The number of likely N-dealkylation sites (tertiary alicyclic amines) is 1. The minimum absolute atomic E-state index is 0.179. The fraction of sp³-hybridized carbons (Fsp3) is 0.688. The zero-order chi connectivity index (χ0) is 15.5. The Labute approximate surface area is 131 Å². The Morgan fingerprint density at radius 3 is 2.77 bits per heavy atom. The lowest BCUT2D eigenvalue weighted by Gasteiger charge is -2.33. The molecule has 2 aliphatic rings. The first-order valence-electron chi connectivity index (χ1n) is 8.12. The van der Waals surface area contributed by atoms with E-state index in [4.69, 9.17) is 10.5 Å². The highest BCUT2D eigenvalue weighted by molar-refractivity contribution is 5.81. The molecule has 2 N–H and O–H groups in total. The molecule has 0 radical (unpaired) electrons. The van der Waals surface area contributed by atoms with Crippen LogP contribution in [0.3, 0.4) is 0 Å². The number of carbonyl (C=O) groups excluding carboxylic acids is 1. The molecule has 3 heterocycles. The van der Waals surface area contributed by atoms with E-state index in [0.29, 0.717) is 11.7 Å². The molecular weight excluding hydrogens is 280 g/mol. The number of hydrogen-bond acceptors (Lipinski definition) is 5. The van der Waals surface area contributed by atoms with Gasteiger partial charge in [-0.05, 0) is 44.9 Å². The Balaban J connectivity index is 1.52. The summed E-state index contributed by atoms with van der Waals surface area (Å²) in [7, 11) is 0. The van der Waals surface area contributed by atoms with Crippen molar-refractivity contribution in [2.75, 3.05) is 25.4 Å². The lowest BCUT2D eigenvalue weighted by Crippen LogP contribution is -2.44. The molecule has 0 bridgehead atoms. The highest BCUT2D eigenvalue weighted by atomic mass is 16.5. The Bertz CT molecular complexity index is 515. The fourth-order valence-electron chi connectivity index (χ4n) is 3.39. The first-order chi connectivity index (χ1) is 10.6. The number of carbonyl (C=O) groups is 1. The predicted octanol–water partition coefficient (Wildman–Crippen LogP) is 1.33. The second kappa shape index (κ2) is 6.60. The van der Waals surface area contributed by atoms with E-state index in [1.54, 1.807) is 0 Å². The number of amides is 1. The van der Waals surface area contributed by atoms with E-state index in [1.165, 1.54) is 0 Å². The van der Waals surface area contributed by atoms with Crippen LogP contribution in [0.2, 0.25) is 0 Å². The molecule has 0 saturated carbocycles. The third-order valence-electron chi connectivity index (χ3n) is 4.54. The summed E-state index contributed by atoms with van der Waals surface area (Å²) in [5, 5.41) is 0. The fourth-order valence-corrected chi connectivity index (χ4v) is 3.39. The second-order valence-electron chi connectivity index (χ2n) is 6.31. The van der Waals surface area contributed by atoms with Crippen molar-refractivity contribution in [2.45, 2.75) is 45.1 Å². The minimum atomic E-state index is -0.194. The number of aryl methyl sites for hydroxylation is 1. The summed E-state index contributed by atoms with van der Waals surface area (Å²) in [4.78, 5) is 22.8. The van der Waals surface area contributed by atoms with E-state index in [2.05, 4.69) is 9.97 Å². The van der Waals surface area contributed by atoms with Gasteiger partial charge in [-0.25, -0.2) is 9.97 Å². The number of aromatic nitrogens is 2. The summed E-state index contributed by atoms with van der Waals surface area (Å²) in [6, 6.07) is 1.86. The van der Waals surface area contributed by atoms with Crippen molar-refractivity contribution in [3.05, 3.63) is 17.6 Å². The van der Waals surface area contributed by atoms with Gasteiger partial charge < -0.3 is 15.4 Å². The van der Waals surface area contributed by atoms with E-state index < -0.39 is 0 Å². The number of piperidine rings is 1. The largest absolute Gasteiger partial charge is 0.384 e. The van der Waals surface area contributed by atoms with Crippen LogP contribution in [0.1, 0.15) is 37.2 Å². The molecule has 22 heavy (non-hydrogen) atoms. The van der Waals surface area contributed by atoms with Crippen LogP contribution < -0.4 is 5.73 Å². The van der Waals surface area contributed by atoms with E-state index >= 15 is 0 Å². The van der Waals surface area contributed by atoms with Crippen molar-refractivity contribution in [3.8, 4) is 0 Å². The Kier molecular flexibility index (Phi) is 4.57. The van der Waals surface area contributed by atoms with Crippen molar-refractivity contribution in [3.63, 3.8) is 0 Å². The van der Waals surface area contributed by atoms with Crippen molar-refractivity contribution >= 4 is 11.7 Å². The minimum Gasteiger partial charge on any atom is -0.384 e. The first-order valence-corrected chi connectivity index (χ1v) is 8.12. The second-order valence-corrected chi connectivity index (χ2v) is 6.31. The first kappa shape index (κ1) is 15.2. The van der Waals surface area contributed by atoms with Gasteiger partial charge in [0.1, 0.15) is 17.7 Å². The van der Waals surface area contributed by atoms with E-state index in [9.17, 15) is 4.79 Å². The normalized spacial score (nSPS) is 23.0. The van der Waals surface area contributed by atoms with Crippen molar-refractivity contribution < 1.29 is 9.53 Å². The van der Waals surface area contributed by atoms with Gasteiger partial charge in [-0.15, -0.1) is 0 Å². The van der Waals surface area contributed by atoms with Crippen LogP contribution in [0.25, 0.3) is 0 Å². The van der Waals surface area contributed by atoms with Gasteiger partial charge in [0.15, 0.2) is 0 Å². The summed E-state index contributed by atoms with van der Waals surface area (Å²) in [6.07, 6.45) is 4.62. The number of nitrogen functional groups attached to an aromatic ring is 1. The van der Waals surface area contributed by atoms with Crippen LogP contribution in [0.15, 0.2) is 6.07 Å². The molecule has 1 unspecified atom stereocenters. The van der Waals surface area contributed by atoms with Gasteiger partial charge in [-0.3, -0.25) is 4.79 Å². The van der Waals surface area contributed by atoms with Gasteiger partial charge in [0.05, 0.1) is 0 Å². The molecule has 6 heteroatoms. The van der Waals surface area contributed by atoms with Gasteiger partial charge >= 0.3 is 0 Å². The lowest BCUT2D eigenvalue weighted by atomic mass is 9.91. The Morgan fingerprint density at radius 1 is 1.36 bits per heavy atom. The molecular formula is C16H24N4O2. The Morgan fingerprint density at radius 2 is 2.14 bits per heavy atom. The zero-order valence-electron chi connectivity index (χ0n) is 13.1. The molecule has 2 fully saturated rings. The molecule has 0 aliphatic carbocycles. The molecule has 6 nitrogen and oxygen atoms in total. The maximum absolute atomic E-state index is 12.3. The number of ether oxygens (including phenoxy) is 1. The van der Waals surface area contributed by atoms with Gasteiger partial charge in [-0.2, -0.15) is 0 Å². The monoisotopic (exact) mass is 304 g/mol. The molecule has 3 rings (SSSR count). The molecule has 1 aromatic rings. The summed E-state index contributed by atoms with van der Waals surface area (Å²) in [5.74, 6) is 2.00. The molecule has 1 aromatic heterocycles. The molecule has 0 aromatic carbocycles. The van der Waals surface area contributed by atoms with E-state index in [-0.39, 0.29) is 12.0 Å². The molecule has 2 aliphatic heterocycles. The number of nitrogens with two attached hydrogens (primary N) is 1. The molecule has 120 valence electrons. The van der Waals surface area contributed by atoms with E-state index in [1.807, 2.05) is 17.9 Å². The summed E-state index contributed by atoms with van der Waals surface area (Å²) in [5.41, 5.74) is 6.79. The topological polar surface area (TPSA) is 81.3 Å². The van der Waals surface area contributed by atoms with Crippen molar-refractivity contribution in [1.29, 1.82) is 0 Å². The zero-order valence-corrected chi connectivity index (χ0v) is 13.1. The lowest BCUT2D eigenvalue weighted by molar-refractivity contribution is -0.142. The number of anilines is 1. The third-order valence-corrected chi connectivity index (χ3v) is 4.54. The number of rotatable bonds is 3. The predicted molar refractivity (Wildman–Crippen MR) is 83.2 cm³/mol. The van der Waals surface area contributed by atoms with Gasteiger partial charge in [0.2, 0.25) is 0 Å². The van der Waals surface area contributed by atoms with Crippen LogP contribution in [-0.4, -0.2) is 46.6 Å². The van der Waals surface area contributed by atoms with Crippen LogP contribution in [0, 0.1) is 12.8 Å². The van der Waals surface area contributed by atoms with Crippen LogP contribution in [-0.2, 0) is 16.0 Å². The summed E-state index contributed by atoms with van der Waals surface area (Å²) >= 11 is 0. The van der Waals surface area contributed by atoms with Gasteiger partial charge in [0, 0.05) is 31.5 Å². The Hall–Kier alpha value is -1.69. The maximum Gasteiger partial charge on any atom is 0.251 e. The maximum atomic E-state index is 12.3. The highest BCUT2D eigenvalue weighted by Gasteiger charge is 2.30. The standard InChI is InChI=1S/C16H24N4O2/c1-11-18-13(10-15(17)19-11)9-12-4-6-20(7-5-12)16(21)14-3-2-8-22-14/h10,12,14H,2-9H2,1H3,(H2,17,18,19). The quantitative estimate of drug-likeness (QED) is 0.911.